The van der Waals surface area contributed by atoms with Crippen LogP contribution in [0.5, 0.6) is 0 Å². The van der Waals surface area contributed by atoms with Crippen LogP contribution in [0.3, 0.4) is 0 Å². The molecule has 2 heterocycles. The average Bonchev–Trinajstić information content (AvgIpc) is 3.42. The number of nitrogens with one attached hydrogen (secondary N) is 1. The van der Waals surface area contributed by atoms with Gasteiger partial charge in [0.2, 0.25) is 5.76 Å². The van der Waals surface area contributed by atoms with E-state index in [1.807, 2.05) is 13.8 Å². The van der Waals surface area contributed by atoms with E-state index >= 15 is 0 Å². The predicted molar refractivity (Wildman–Crippen MR) is 110 cm³/mol. The molecule has 7 heteroatoms. The number of hydrogen-bond acceptors (Lipinski definition) is 6. The lowest BCUT2D eigenvalue weighted by molar-refractivity contribution is -0.132. The van der Waals surface area contributed by atoms with Gasteiger partial charge in [0.05, 0.1) is 6.10 Å². The molecule has 1 saturated heterocycles. The van der Waals surface area contributed by atoms with Gasteiger partial charge in [-0.15, -0.1) is 0 Å². The number of Topliss-reactive ketones (excluding diaryl/α,β-unsaturated/α-hetero) is 1. The zero-order valence-corrected chi connectivity index (χ0v) is 17.5. The van der Waals surface area contributed by atoms with E-state index < -0.39 is 12.1 Å². The second kappa shape index (κ2) is 9.71. The fourth-order valence-corrected chi connectivity index (χ4v) is 3.26. The van der Waals surface area contributed by atoms with Crippen molar-refractivity contribution in [1.29, 1.82) is 0 Å². The summed E-state index contributed by atoms with van der Waals surface area (Å²) in [6.07, 6.45) is 0.984. The third-order valence-electron chi connectivity index (χ3n) is 5.01. The van der Waals surface area contributed by atoms with Crippen molar-refractivity contribution in [2.75, 3.05) is 13.2 Å². The van der Waals surface area contributed by atoms with Gasteiger partial charge >= 0.3 is 5.97 Å². The molecule has 0 unspecified atom stereocenters. The Labute approximate surface area is 175 Å². The van der Waals surface area contributed by atoms with E-state index in [1.54, 1.807) is 30.3 Å². The summed E-state index contributed by atoms with van der Waals surface area (Å²) in [5.74, 6) is -0.790. The lowest BCUT2D eigenvalue weighted by Gasteiger charge is -2.21. The van der Waals surface area contributed by atoms with Crippen LogP contribution in [0, 0.1) is 5.92 Å². The minimum Gasteiger partial charge on any atom is -0.449 e. The largest absolute Gasteiger partial charge is 0.449 e. The van der Waals surface area contributed by atoms with Gasteiger partial charge < -0.3 is 19.2 Å². The molecule has 0 bridgehead atoms. The van der Waals surface area contributed by atoms with E-state index in [2.05, 4.69) is 5.32 Å². The van der Waals surface area contributed by atoms with Crippen LogP contribution in [0.4, 0.5) is 0 Å². The number of carbonyl (C=O) groups excluding carboxylic acids is 3. The molecule has 2 aromatic rings. The average molecular weight is 413 g/mol. The minimum absolute atomic E-state index is 0.0122. The van der Waals surface area contributed by atoms with Crippen molar-refractivity contribution in [2.24, 2.45) is 5.92 Å². The molecule has 0 radical (unpaired) electrons. The smallest absolute Gasteiger partial charge is 0.375 e. The van der Waals surface area contributed by atoms with Gasteiger partial charge in [-0.2, -0.15) is 0 Å². The van der Waals surface area contributed by atoms with Gasteiger partial charge in [0, 0.05) is 24.3 Å². The quantitative estimate of drug-likeness (QED) is 0.525. The summed E-state index contributed by atoms with van der Waals surface area (Å²) in [4.78, 5) is 36.5. The van der Waals surface area contributed by atoms with E-state index in [4.69, 9.17) is 13.9 Å². The van der Waals surface area contributed by atoms with Crippen molar-refractivity contribution in [3.63, 3.8) is 0 Å². The maximum Gasteiger partial charge on any atom is 0.375 e. The summed E-state index contributed by atoms with van der Waals surface area (Å²) in [5.41, 5.74) is 1.33. The first-order valence-corrected chi connectivity index (χ1v) is 10.2. The highest BCUT2D eigenvalue weighted by Gasteiger charge is 2.29. The van der Waals surface area contributed by atoms with Gasteiger partial charge in [-0.1, -0.05) is 38.1 Å². The summed E-state index contributed by atoms with van der Waals surface area (Å²) < 4.78 is 16.6. The van der Waals surface area contributed by atoms with Gasteiger partial charge in [-0.3, -0.25) is 9.59 Å². The van der Waals surface area contributed by atoms with Crippen LogP contribution in [-0.4, -0.2) is 43.0 Å². The number of furan rings is 1. The van der Waals surface area contributed by atoms with Crippen molar-refractivity contribution >= 4 is 17.7 Å². The molecule has 30 heavy (non-hydrogen) atoms. The number of carbonyl (C=O) groups is 3. The van der Waals surface area contributed by atoms with Crippen LogP contribution in [0.25, 0.3) is 11.3 Å². The lowest BCUT2D eigenvalue weighted by atomic mass is 10.1. The molecule has 0 saturated carbocycles. The molecule has 7 nitrogen and oxygen atoms in total. The first kappa shape index (κ1) is 21.8. The number of rotatable bonds is 8. The van der Waals surface area contributed by atoms with Gasteiger partial charge in [0.15, 0.2) is 11.9 Å². The van der Waals surface area contributed by atoms with Crippen LogP contribution >= 0.6 is 0 Å². The molecular formula is C23H27NO6. The SMILES string of the molecule is CC(=O)c1ccc(-c2ccc(C(=O)O[C@H](C(=O)NC[C@H]3CCCO3)C(C)C)o2)cc1. The van der Waals surface area contributed by atoms with Crippen molar-refractivity contribution in [3.05, 3.63) is 47.7 Å². The number of hydrogen-bond donors (Lipinski definition) is 1. The van der Waals surface area contributed by atoms with E-state index in [-0.39, 0.29) is 29.5 Å². The van der Waals surface area contributed by atoms with Gasteiger partial charge in [0.25, 0.3) is 5.91 Å². The molecule has 0 spiro atoms. The highest BCUT2D eigenvalue weighted by Crippen LogP contribution is 2.24. The molecule has 0 aliphatic carbocycles. The number of ketones is 1. The van der Waals surface area contributed by atoms with E-state index in [0.29, 0.717) is 24.5 Å². The molecule has 1 aromatic heterocycles. The number of esters is 1. The highest BCUT2D eigenvalue weighted by atomic mass is 16.6. The topological polar surface area (TPSA) is 94.8 Å². The Bertz CT molecular complexity index is 893. The predicted octanol–water partition coefficient (Wildman–Crippen LogP) is 3.63. The first-order chi connectivity index (χ1) is 14.3. The summed E-state index contributed by atoms with van der Waals surface area (Å²) in [6, 6.07) is 10.1. The van der Waals surface area contributed by atoms with Crippen molar-refractivity contribution in [2.45, 2.75) is 45.8 Å². The lowest BCUT2D eigenvalue weighted by Crippen LogP contribution is -2.43. The highest BCUT2D eigenvalue weighted by molar-refractivity contribution is 5.94. The molecule has 1 N–H and O–H groups in total. The molecule has 1 aliphatic rings. The molecule has 1 fully saturated rings. The van der Waals surface area contributed by atoms with Crippen LogP contribution in [-0.2, 0) is 14.3 Å². The fraction of sp³-hybridized carbons (Fsp3) is 0.435. The molecule has 2 atom stereocenters. The second-order valence-electron chi connectivity index (χ2n) is 7.75. The molecule has 1 aliphatic heterocycles. The Morgan fingerprint density at radius 3 is 2.47 bits per heavy atom. The Balaban J connectivity index is 1.63. The van der Waals surface area contributed by atoms with Gasteiger partial charge in [0.1, 0.15) is 5.76 Å². The monoisotopic (exact) mass is 413 g/mol. The third-order valence-corrected chi connectivity index (χ3v) is 5.01. The standard InChI is InChI=1S/C23H27NO6/c1-14(2)21(22(26)24-13-18-5-4-12-28-18)30-23(27)20-11-10-19(29-20)17-8-6-16(7-9-17)15(3)25/h6-11,14,18,21H,4-5,12-13H2,1-3H3,(H,24,26)/t18-,21+/m1/s1. The Hall–Kier alpha value is -2.93. The summed E-state index contributed by atoms with van der Waals surface area (Å²) in [5, 5.41) is 2.81. The molecule has 160 valence electrons. The summed E-state index contributed by atoms with van der Waals surface area (Å²) in [6.45, 7) is 6.24. The minimum atomic E-state index is -0.928. The van der Waals surface area contributed by atoms with Gasteiger partial charge in [-0.05, 0) is 37.8 Å². The summed E-state index contributed by atoms with van der Waals surface area (Å²) in [7, 11) is 0. The maximum absolute atomic E-state index is 12.5. The zero-order chi connectivity index (χ0) is 21.7. The van der Waals surface area contributed by atoms with Crippen molar-refractivity contribution in [1.82, 2.24) is 5.32 Å². The van der Waals surface area contributed by atoms with Crippen LogP contribution in [0.1, 0.15) is 54.5 Å². The van der Waals surface area contributed by atoms with Crippen molar-refractivity contribution < 1.29 is 28.3 Å². The zero-order valence-electron chi connectivity index (χ0n) is 17.5. The third kappa shape index (κ3) is 5.36. The van der Waals surface area contributed by atoms with Crippen LogP contribution < -0.4 is 5.32 Å². The van der Waals surface area contributed by atoms with E-state index in [0.717, 1.165) is 18.4 Å². The number of amides is 1. The van der Waals surface area contributed by atoms with Crippen molar-refractivity contribution in [3.8, 4) is 11.3 Å². The maximum atomic E-state index is 12.5. The molecule has 1 aromatic carbocycles. The molecular weight excluding hydrogens is 386 g/mol. The Morgan fingerprint density at radius 1 is 1.13 bits per heavy atom. The fourth-order valence-electron chi connectivity index (χ4n) is 3.26. The second-order valence-corrected chi connectivity index (χ2v) is 7.75. The van der Waals surface area contributed by atoms with Gasteiger partial charge in [-0.25, -0.2) is 4.79 Å². The van der Waals surface area contributed by atoms with Crippen LogP contribution in [0.15, 0.2) is 40.8 Å². The van der Waals surface area contributed by atoms with E-state index in [9.17, 15) is 14.4 Å². The number of benzene rings is 1. The molecule has 1 amide bonds. The number of ether oxygens (including phenoxy) is 2. The summed E-state index contributed by atoms with van der Waals surface area (Å²) >= 11 is 0. The van der Waals surface area contributed by atoms with Crippen LogP contribution in [0.2, 0.25) is 0 Å². The first-order valence-electron chi connectivity index (χ1n) is 10.2. The van der Waals surface area contributed by atoms with E-state index in [1.165, 1.54) is 13.0 Å². The molecule has 3 rings (SSSR count). The normalized spacial score (nSPS) is 17.0. The Kier molecular flexibility index (Phi) is 7.05. The Morgan fingerprint density at radius 2 is 1.87 bits per heavy atom.